The average Bonchev–Trinajstić information content (AvgIpc) is 2.78. The quantitative estimate of drug-likeness (QED) is 0.603. The number of aromatic amines is 2. The fraction of sp³-hybridized carbons (Fsp3) is 0. The molecule has 3 rings (SSSR count). The minimum Gasteiger partial charge on any atom is -0.339 e. The van der Waals surface area contributed by atoms with Gasteiger partial charge in [0.15, 0.2) is 5.65 Å². The highest BCUT2D eigenvalue weighted by molar-refractivity contribution is 5.68. The van der Waals surface area contributed by atoms with E-state index in [1.807, 2.05) is 0 Å². The predicted molar refractivity (Wildman–Crippen MR) is 60.1 cm³/mol. The van der Waals surface area contributed by atoms with E-state index in [9.17, 15) is 9.59 Å². The standard InChI is InChI=1S/C10H7N5O2/c16-9-7-8(13-5-12-7)14-10(17)15(9)6-3-1-2-4-11-6/h1-5H,(H,12,13)(H,14,17). The number of nitrogens with zero attached hydrogens (tertiary/aromatic N) is 3. The first-order valence-electron chi connectivity index (χ1n) is 4.87. The van der Waals surface area contributed by atoms with Gasteiger partial charge in [-0.1, -0.05) is 6.07 Å². The third-order valence-corrected chi connectivity index (χ3v) is 2.36. The molecule has 0 aliphatic heterocycles. The Morgan fingerprint density at radius 3 is 2.82 bits per heavy atom. The van der Waals surface area contributed by atoms with Gasteiger partial charge in [0.25, 0.3) is 5.56 Å². The molecule has 2 N–H and O–H groups in total. The van der Waals surface area contributed by atoms with E-state index in [-0.39, 0.29) is 17.0 Å². The SMILES string of the molecule is O=c1[nH]c2nc[nH]c2c(=O)n1-c1ccccn1. The van der Waals surface area contributed by atoms with Crippen LogP contribution in [0, 0.1) is 0 Å². The Labute approximate surface area is 93.8 Å². The van der Waals surface area contributed by atoms with Gasteiger partial charge in [0.05, 0.1) is 6.33 Å². The lowest BCUT2D eigenvalue weighted by atomic mass is 10.4. The summed E-state index contributed by atoms with van der Waals surface area (Å²) in [7, 11) is 0. The Hall–Kier alpha value is -2.70. The van der Waals surface area contributed by atoms with Crippen LogP contribution in [-0.2, 0) is 0 Å². The summed E-state index contributed by atoms with van der Waals surface area (Å²) < 4.78 is 0.959. The molecule has 0 aromatic carbocycles. The Morgan fingerprint density at radius 2 is 2.06 bits per heavy atom. The van der Waals surface area contributed by atoms with E-state index in [1.54, 1.807) is 18.2 Å². The van der Waals surface area contributed by atoms with Crippen LogP contribution in [0.5, 0.6) is 0 Å². The van der Waals surface area contributed by atoms with Crippen molar-refractivity contribution >= 4 is 11.2 Å². The lowest BCUT2D eigenvalue weighted by Crippen LogP contribution is -2.34. The van der Waals surface area contributed by atoms with Gasteiger partial charge in [-0.05, 0) is 12.1 Å². The van der Waals surface area contributed by atoms with Crippen LogP contribution in [-0.4, -0.2) is 24.5 Å². The van der Waals surface area contributed by atoms with Crippen molar-refractivity contribution in [2.45, 2.75) is 0 Å². The van der Waals surface area contributed by atoms with Gasteiger partial charge in [-0.15, -0.1) is 0 Å². The van der Waals surface area contributed by atoms with Crippen LogP contribution in [0.3, 0.4) is 0 Å². The molecule has 0 radical (unpaired) electrons. The topological polar surface area (TPSA) is 96.4 Å². The van der Waals surface area contributed by atoms with Crippen LogP contribution in [0.2, 0.25) is 0 Å². The molecule has 0 amide bonds. The van der Waals surface area contributed by atoms with E-state index in [4.69, 9.17) is 0 Å². The second-order valence-electron chi connectivity index (χ2n) is 3.38. The molecule has 0 saturated heterocycles. The number of rotatable bonds is 1. The molecule has 3 aromatic rings. The summed E-state index contributed by atoms with van der Waals surface area (Å²) in [6.45, 7) is 0. The minimum absolute atomic E-state index is 0.243. The third kappa shape index (κ3) is 1.36. The average molecular weight is 229 g/mol. The summed E-state index contributed by atoms with van der Waals surface area (Å²) in [5.41, 5.74) is -0.546. The zero-order valence-corrected chi connectivity index (χ0v) is 8.54. The van der Waals surface area contributed by atoms with Crippen molar-refractivity contribution in [2.75, 3.05) is 0 Å². The Balaban J connectivity index is 2.45. The molecule has 7 nitrogen and oxygen atoms in total. The Bertz CT molecular complexity index is 784. The molecule has 0 bridgehead atoms. The number of hydrogen-bond donors (Lipinski definition) is 2. The number of hydrogen-bond acceptors (Lipinski definition) is 4. The highest BCUT2D eigenvalue weighted by Gasteiger charge is 2.11. The number of H-pyrrole nitrogens is 2. The number of nitrogens with one attached hydrogen (secondary N) is 2. The normalized spacial score (nSPS) is 10.8. The molecule has 3 aromatic heterocycles. The van der Waals surface area contributed by atoms with Crippen molar-refractivity contribution in [1.29, 1.82) is 0 Å². The van der Waals surface area contributed by atoms with Crippen molar-refractivity contribution in [1.82, 2.24) is 24.5 Å². The third-order valence-electron chi connectivity index (χ3n) is 2.36. The molecular weight excluding hydrogens is 222 g/mol. The van der Waals surface area contributed by atoms with Crippen molar-refractivity contribution in [3.05, 3.63) is 51.6 Å². The lowest BCUT2D eigenvalue weighted by molar-refractivity contribution is 0.864. The molecule has 0 spiro atoms. The van der Waals surface area contributed by atoms with Gasteiger partial charge in [-0.25, -0.2) is 19.3 Å². The van der Waals surface area contributed by atoms with Gasteiger partial charge in [0.2, 0.25) is 0 Å². The molecule has 84 valence electrons. The van der Waals surface area contributed by atoms with Gasteiger partial charge < -0.3 is 4.98 Å². The zero-order valence-electron chi connectivity index (χ0n) is 8.54. The first kappa shape index (κ1) is 9.52. The van der Waals surface area contributed by atoms with Gasteiger partial charge in [0.1, 0.15) is 11.3 Å². The van der Waals surface area contributed by atoms with Crippen LogP contribution in [0.4, 0.5) is 0 Å². The van der Waals surface area contributed by atoms with E-state index in [2.05, 4.69) is 19.9 Å². The smallest absolute Gasteiger partial charge is 0.335 e. The molecule has 0 fully saturated rings. The van der Waals surface area contributed by atoms with E-state index < -0.39 is 11.2 Å². The highest BCUT2D eigenvalue weighted by atomic mass is 16.2. The molecular formula is C10H7N5O2. The summed E-state index contributed by atoms with van der Waals surface area (Å²) in [4.78, 5) is 36.8. The summed E-state index contributed by atoms with van der Waals surface area (Å²) in [5.74, 6) is 0.273. The molecule has 0 aliphatic rings. The fourth-order valence-electron chi connectivity index (χ4n) is 1.61. The molecule has 0 saturated carbocycles. The maximum atomic E-state index is 12.0. The first-order chi connectivity index (χ1) is 8.27. The van der Waals surface area contributed by atoms with Crippen LogP contribution < -0.4 is 11.2 Å². The summed E-state index contributed by atoms with van der Waals surface area (Å²) in [6, 6.07) is 4.99. The van der Waals surface area contributed by atoms with Crippen LogP contribution in [0.15, 0.2) is 40.3 Å². The summed E-state index contributed by atoms with van der Waals surface area (Å²) >= 11 is 0. The number of aromatic nitrogens is 5. The van der Waals surface area contributed by atoms with Crippen LogP contribution >= 0.6 is 0 Å². The van der Waals surface area contributed by atoms with Gasteiger partial charge in [-0.2, -0.15) is 0 Å². The maximum Gasteiger partial charge on any atom is 0.335 e. The second-order valence-corrected chi connectivity index (χ2v) is 3.38. The van der Waals surface area contributed by atoms with Crippen LogP contribution in [0.1, 0.15) is 0 Å². The molecule has 3 heterocycles. The van der Waals surface area contributed by atoms with Crippen molar-refractivity contribution < 1.29 is 0 Å². The van der Waals surface area contributed by atoms with Crippen molar-refractivity contribution in [3.8, 4) is 5.82 Å². The summed E-state index contributed by atoms with van der Waals surface area (Å²) in [6.07, 6.45) is 2.86. The summed E-state index contributed by atoms with van der Waals surface area (Å²) in [5, 5.41) is 0. The molecule has 0 aliphatic carbocycles. The van der Waals surface area contributed by atoms with Crippen molar-refractivity contribution in [3.63, 3.8) is 0 Å². The lowest BCUT2D eigenvalue weighted by Gasteiger charge is -2.01. The van der Waals surface area contributed by atoms with Gasteiger partial charge in [0, 0.05) is 6.20 Å². The van der Waals surface area contributed by atoms with Crippen molar-refractivity contribution in [2.24, 2.45) is 0 Å². The van der Waals surface area contributed by atoms with E-state index in [1.165, 1.54) is 12.5 Å². The molecule has 17 heavy (non-hydrogen) atoms. The maximum absolute atomic E-state index is 12.0. The van der Waals surface area contributed by atoms with Crippen LogP contribution in [0.25, 0.3) is 17.0 Å². The Morgan fingerprint density at radius 1 is 1.18 bits per heavy atom. The molecule has 7 heteroatoms. The number of imidazole rings is 1. The monoisotopic (exact) mass is 229 g/mol. The zero-order chi connectivity index (χ0) is 11.8. The van der Waals surface area contributed by atoms with E-state index in [0.717, 1.165) is 4.57 Å². The number of fused-ring (bicyclic) bond motifs is 1. The Kier molecular flexibility index (Phi) is 1.91. The first-order valence-corrected chi connectivity index (χ1v) is 4.87. The largest absolute Gasteiger partial charge is 0.339 e. The predicted octanol–water partition coefficient (Wildman–Crippen LogP) is -0.203. The minimum atomic E-state index is -0.562. The van der Waals surface area contributed by atoms with Gasteiger partial charge >= 0.3 is 5.69 Å². The van der Waals surface area contributed by atoms with E-state index in [0.29, 0.717) is 0 Å². The van der Waals surface area contributed by atoms with E-state index >= 15 is 0 Å². The molecule has 0 atom stereocenters. The molecule has 0 unspecified atom stereocenters. The highest BCUT2D eigenvalue weighted by Crippen LogP contribution is 1.99. The van der Waals surface area contributed by atoms with Gasteiger partial charge in [-0.3, -0.25) is 9.78 Å². The fourth-order valence-corrected chi connectivity index (χ4v) is 1.61. The number of pyridine rings is 1. The second kappa shape index (κ2) is 3.41.